The Hall–Kier alpha value is -2.78. The predicted molar refractivity (Wildman–Crippen MR) is 112 cm³/mol. The molecule has 1 aliphatic rings. The zero-order valence-electron chi connectivity index (χ0n) is 15.0. The van der Waals surface area contributed by atoms with Crippen LogP contribution in [-0.4, -0.2) is 12.5 Å². The second-order valence-corrected chi connectivity index (χ2v) is 7.25. The van der Waals surface area contributed by atoms with Gasteiger partial charge in [-0.25, -0.2) is 0 Å². The maximum absolute atomic E-state index is 12.4. The fourth-order valence-electron chi connectivity index (χ4n) is 3.53. The first kappa shape index (κ1) is 17.6. The number of anilines is 2. The SMILES string of the molecule is O=C(Nc1cccc(Cl)c1)c1ccc(CN2CCCc3ccccc32)cc1. The first-order valence-electron chi connectivity index (χ1n) is 9.18. The lowest BCUT2D eigenvalue weighted by molar-refractivity contribution is 0.102. The van der Waals surface area contributed by atoms with E-state index in [2.05, 4.69) is 34.5 Å². The molecule has 0 radical (unpaired) electrons. The number of benzene rings is 3. The zero-order chi connectivity index (χ0) is 18.6. The van der Waals surface area contributed by atoms with Crippen LogP contribution in [-0.2, 0) is 13.0 Å². The van der Waals surface area contributed by atoms with E-state index in [0.717, 1.165) is 19.5 Å². The van der Waals surface area contributed by atoms with Crippen molar-refractivity contribution >= 4 is 28.9 Å². The van der Waals surface area contributed by atoms with Crippen molar-refractivity contribution in [2.24, 2.45) is 0 Å². The number of hydrogen-bond donors (Lipinski definition) is 1. The van der Waals surface area contributed by atoms with Crippen LogP contribution in [0.4, 0.5) is 11.4 Å². The number of halogens is 1. The third-order valence-electron chi connectivity index (χ3n) is 4.88. The summed E-state index contributed by atoms with van der Waals surface area (Å²) >= 11 is 5.97. The maximum atomic E-state index is 12.4. The van der Waals surface area contributed by atoms with Gasteiger partial charge in [-0.05, 0) is 60.4 Å². The number of para-hydroxylation sites is 1. The number of nitrogens with zero attached hydrogens (tertiary/aromatic N) is 1. The molecule has 1 heterocycles. The molecule has 0 unspecified atom stereocenters. The summed E-state index contributed by atoms with van der Waals surface area (Å²) in [5.41, 5.74) is 5.28. The quantitative estimate of drug-likeness (QED) is 0.647. The summed E-state index contributed by atoms with van der Waals surface area (Å²) in [5.74, 6) is -0.132. The lowest BCUT2D eigenvalue weighted by Crippen LogP contribution is -2.28. The Kier molecular flexibility index (Phi) is 5.12. The Morgan fingerprint density at radius 1 is 1.00 bits per heavy atom. The van der Waals surface area contributed by atoms with Gasteiger partial charge in [0.2, 0.25) is 0 Å². The molecule has 0 fully saturated rings. The highest BCUT2D eigenvalue weighted by Crippen LogP contribution is 2.28. The van der Waals surface area contributed by atoms with Crippen LogP contribution in [0, 0.1) is 0 Å². The Bertz CT molecular complexity index is 953. The van der Waals surface area contributed by atoms with Gasteiger partial charge in [0, 0.05) is 35.1 Å². The van der Waals surface area contributed by atoms with Gasteiger partial charge >= 0.3 is 0 Å². The van der Waals surface area contributed by atoms with Crippen molar-refractivity contribution in [1.82, 2.24) is 0 Å². The van der Waals surface area contributed by atoms with Gasteiger partial charge in [0.25, 0.3) is 5.91 Å². The van der Waals surface area contributed by atoms with Gasteiger partial charge in [0.15, 0.2) is 0 Å². The normalized spacial score (nSPS) is 13.1. The molecule has 0 bridgehead atoms. The van der Waals surface area contributed by atoms with E-state index in [1.54, 1.807) is 12.1 Å². The molecule has 3 nitrogen and oxygen atoms in total. The van der Waals surface area contributed by atoms with E-state index in [1.807, 2.05) is 36.4 Å². The van der Waals surface area contributed by atoms with Crippen LogP contribution in [0.3, 0.4) is 0 Å². The van der Waals surface area contributed by atoms with Crippen LogP contribution in [0.5, 0.6) is 0 Å². The molecule has 3 aromatic carbocycles. The molecule has 1 N–H and O–H groups in total. The van der Waals surface area contributed by atoms with Gasteiger partial charge in [0.05, 0.1) is 0 Å². The highest BCUT2D eigenvalue weighted by atomic mass is 35.5. The van der Waals surface area contributed by atoms with E-state index < -0.39 is 0 Å². The van der Waals surface area contributed by atoms with Crippen LogP contribution in [0.2, 0.25) is 5.02 Å². The fourth-order valence-corrected chi connectivity index (χ4v) is 3.72. The topological polar surface area (TPSA) is 32.3 Å². The van der Waals surface area contributed by atoms with Gasteiger partial charge in [-0.3, -0.25) is 4.79 Å². The molecule has 136 valence electrons. The number of rotatable bonds is 4. The van der Waals surface area contributed by atoms with Gasteiger partial charge in [-0.1, -0.05) is 48.0 Å². The minimum absolute atomic E-state index is 0.132. The number of carbonyl (C=O) groups excluding carboxylic acids is 1. The molecule has 1 aliphatic heterocycles. The maximum Gasteiger partial charge on any atom is 0.255 e. The molecule has 1 amide bonds. The minimum Gasteiger partial charge on any atom is -0.367 e. The molecule has 0 aromatic heterocycles. The standard InChI is InChI=1S/C23H21ClN2O/c24-20-7-3-8-21(15-20)25-23(27)19-12-10-17(11-13-19)16-26-14-4-6-18-5-1-2-9-22(18)26/h1-3,5,7-13,15H,4,6,14,16H2,(H,25,27). The molecule has 0 saturated heterocycles. The Balaban J connectivity index is 1.44. The van der Waals surface area contributed by atoms with Crippen LogP contribution >= 0.6 is 11.6 Å². The predicted octanol–water partition coefficient (Wildman–Crippen LogP) is 5.55. The summed E-state index contributed by atoms with van der Waals surface area (Å²) in [6.45, 7) is 1.92. The second kappa shape index (κ2) is 7.85. The number of amides is 1. The molecule has 4 heteroatoms. The lowest BCUT2D eigenvalue weighted by atomic mass is 10.0. The lowest BCUT2D eigenvalue weighted by Gasteiger charge is -2.31. The average Bonchev–Trinajstić information content (AvgIpc) is 2.69. The largest absolute Gasteiger partial charge is 0.367 e. The summed E-state index contributed by atoms with van der Waals surface area (Å²) < 4.78 is 0. The molecule has 0 atom stereocenters. The third kappa shape index (κ3) is 4.15. The molecular weight excluding hydrogens is 356 g/mol. The van der Waals surface area contributed by atoms with Crippen LogP contribution in [0.25, 0.3) is 0 Å². The number of nitrogens with one attached hydrogen (secondary N) is 1. The van der Waals surface area contributed by atoms with E-state index >= 15 is 0 Å². The summed E-state index contributed by atoms with van der Waals surface area (Å²) in [5, 5.41) is 3.48. The number of hydrogen-bond acceptors (Lipinski definition) is 2. The van der Waals surface area contributed by atoms with Crippen molar-refractivity contribution in [3.63, 3.8) is 0 Å². The van der Waals surface area contributed by atoms with Crippen molar-refractivity contribution in [1.29, 1.82) is 0 Å². The summed E-state index contributed by atoms with van der Waals surface area (Å²) in [7, 11) is 0. The number of aryl methyl sites for hydroxylation is 1. The van der Waals surface area contributed by atoms with E-state index in [0.29, 0.717) is 16.3 Å². The van der Waals surface area contributed by atoms with Gasteiger partial charge in [-0.2, -0.15) is 0 Å². The third-order valence-corrected chi connectivity index (χ3v) is 5.11. The van der Waals surface area contributed by atoms with Crippen LogP contribution < -0.4 is 10.2 Å². The molecule has 0 saturated carbocycles. The van der Waals surface area contributed by atoms with Crippen molar-refractivity contribution in [2.45, 2.75) is 19.4 Å². The Labute approximate surface area is 164 Å². The van der Waals surface area contributed by atoms with Crippen LogP contribution in [0.15, 0.2) is 72.8 Å². The first-order chi connectivity index (χ1) is 13.2. The Morgan fingerprint density at radius 3 is 2.63 bits per heavy atom. The summed E-state index contributed by atoms with van der Waals surface area (Å²) in [6, 6.07) is 23.6. The highest BCUT2D eigenvalue weighted by Gasteiger charge is 2.16. The van der Waals surface area contributed by atoms with Crippen molar-refractivity contribution in [3.05, 3.63) is 94.5 Å². The molecular formula is C23H21ClN2O. The molecule has 4 rings (SSSR count). The summed E-state index contributed by atoms with van der Waals surface area (Å²) in [4.78, 5) is 14.8. The zero-order valence-corrected chi connectivity index (χ0v) is 15.7. The number of fused-ring (bicyclic) bond motifs is 1. The molecule has 3 aromatic rings. The van der Waals surface area contributed by atoms with E-state index in [9.17, 15) is 4.79 Å². The van der Waals surface area contributed by atoms with Crippen LogP contribution in [0.1, 0.15) is 27.9 Å². The summed E-state index contributed by atoms with van der Waals surface area (Å²) in [6.07, 6.45) is 2.33. The van der Waals surface area contributed by atoms with Crippen molar-refractivity contribution in [3.8, 4) is 0 Å². The van der Waals surface area contributed by atoms with Gasteiger partial charge in [0.1, 0.15) is 0 Å². The van der Waals surface area contributed by atoms with Gasteiger partial charge < -0.3 is 10.2 Å². The monoisotopic (exact) mass is 376 g/mol. The minimum atomic E-state index is -0.132. The second-order valence-electron chi connectivity index (χ2n) is 6.82. The molecule has 0 aliphatic carbocycles. The van der Waals surface area contributed by atoms with E-state index in [-0.39, 0.29) is 5.91 Å². The Morgan fingerprint density at radius 2 is 1.81 bits per heavy atom. The highest BCUT2D eigenvalue weighted by molar-refractivity contribution is 6.30. The smallest absolute Gasteiger partial charge is 0.255 e. The van der Waals surface area contributed by atoms with Crippen molar-refractivity contribution in [2.75, 3.05) is 16.8 Å². The van der Waals surface area contributed by atoms with E-state index in [4.69, 9.17) is 11.6 Å². The van der Waals surface area contributed by atoms with Gasteiger partial charge in [-0.15, -0.1) is 0 Å². The molecule has 0 spiro atoms. The molecule has 27 heavy (non-hydrogen) atoms. The first-order valence-corrected chi connectivity index (χ1v) is 9.55. The van der Waals surface area contributed by atoms with E-state index in [1.165, 1.54) is 23.2 Å². The average molecular weight is 377 g/mol. The number of carbonyl (C=O) groups is 1. The fraction of sp³-hybridized carbons (Fsp3) is 0.174. The van der Waals surface area contributed by atoms with Crippen molar-refractivity contribution < 1.29 is 4.79 Å².